The van der Waals surface area contributed by atoms with Gasteiger partial charge in [0.05, 0.1) is 6.61 Å². The summed E-state index contributed by atoms with van der Waals surface area (Å²) in [6, 6.07) is 5.07. The number of hydrogen-bond acceptors (Lipinski definition) is 4. The highest BCUT2D eigenvalue weighted by molar-refractivity contribution is 5.75. The van der Waals surface area contributed by atoms with Crippen LogP contribution >= 0.6 is 0 Å². The van der Waals surface area contributed by atoms with E-state index in [0.29, 0.717) is 39.2 Å². The van der Waals surface area contributed by atoms with Gasteiger partial charge in [-0.15, -0.1) is 0 Å². The topological polar surface area (TPSA) is 72.4 Å². The molecule has 1 rings (SSSR count). The molecule has 0 saturated heterocycles. The van der Waals surface area contributed by atoms with E-state index >= 15 is 0 Å². The van der Waals surface area contributed by atoms with E-state index in [0.717, 1.165) is 0 Å². The molecule has 0 spiro atoms. The van der Waals surface area contributed by atoms with Gasteiger partial charge < -0.3 is 19.9 Å². The number of hydrogen-bond donors (Lipinski definition) is 2. The van der Waals surface area contributed by atoms with Gasteiger partial charge in [0.15, 0.2) is 0 Å². The molecule has 0 bridgehead atoms. The van der Waals surface area contributed by atoms with Gasteiger partial charge >= 0.3 is 0 Å². The van der Waals surface area contributed by atoms with Crippen LogP contribution in [-0.4, -0.2) is 43.8 Å². The summed E-state index contributed by atoms with van der Waals surface area (Å²) in [5.41, 5.74) is -0.0124. The van der Waals surface area contributed by atoms with E-state index in [1.807, 2.05) is 6.07 Å². The lowest BCUT2D eigenvalue weighted by atomic mass is 10.4. The van der Waals surface area contributed by atoms with Crippen molar-refractivity contribution in [2.24, 2.45) is 0 Å². The Bertz CT molecular complexity index is 431. The summed E-state index contributed by atoms with van der Waals surface area (Å²) in [5, 5.41) is 5.87. The maximum Gasteiger partial charge on any atom is 0.250 e. The molecule has 0 aliphatic rings. The molecule has 1 aromatic heterocycles. The van der Waals surface area contributed by atoms with E-state index in [1.54, 1.807) is 23.9 Å². The highest BCUT2D eigenvalue weighted by atomic mass is 16.5. The number of aromatic nitrogens is 1. The molecular weight excluding hydrogens is 246 g/mol. The van der Waals surface area contributed by atoms with Crippen molar-refractivity contribution in [1.29, 1.82) is 0 Å². The van der Waals surface area contributed by atoms with Crippen LogP contribution in [0.4, 0.5) is 0 Å². The van der Waals surface area contributed by atoms with E-state index in [-0.39, 0.29) is 11.5 Å². The Morgan fingerprint density at radius 1 is 1.32 bits per heavy atom. The Morgan fingerprint density at radius 2 is 2.16 bits per heavy atom. The largest absolute Gasteiger partial charge is 0.383 e. The molecule has 0 aliphatic carbocycles. The second-order valence-electron chi connectivity index (χ2n) is 4.08. The monoisotopic (exact) mass is 267 g/mol. The molecule has 0 radical (unpaired) electrons. The first-order valence-corrected chi connectivity index (χ1v) is 6.36. The molecule has 0 atom stereocenters. The van der Waals surface area contributed by atoms with Crippen molar-refractivity contribution in [2.45, 2.75) is 13.0 Å². The first-order valence-electron chi connectivity index (χ1n) is 6.36. The summed E-state index contributed by atoms with van der Waals surface area (Å²) in [7, 11) is 1.60. The minimum atomic E-state index is -0.0124. The molecule has 1 aromatic rings. The number of carbonyl (C=O) groups excluding carboxylic acids is 1. The zero-order chi connectivity index (χ0) is 13.9. The molecule has 6 nitrogen and oxygen atoms in total. The predicted octanol–water partition coefficient (Wildman–Crippen LogP) is -0.409. The van der Waals surface area contributed by atoms with Crippen LogP contribution in [0.15, 0.2) is 29.2 Å². The molecule has 0 aromatic carbocycles. The lowest BCUT2D eigenvalue weighted by Crippen LogP contribution is -2.31. The molecule has 0 unspecified atom stereocenters. The minimum Gasteiger partial charge on any atom is -0.383 e. The third kappa shape index (κ3) is 6.73. The maximum absolute atomic E-state index is 11.4. The fraction of sp³-hybridized carbons (Fsp3) is 0.538. The highest BCUT2D eigenvalue weighted by Gasteiger charge is 1.99. The van der Waals surface area contributed by atoms with Crippen molar-refractivity contribution in [2.75, 3.05) is 33.4 Å². The zero-order valence-electron chi connectivity index (χ0n) is 11.2. The second-order valence-corrected chi connectivity index (χ2v) is 4.08. The Kier molecular flexibility index (Phi) is 7.53. The molecule has 2 N–H and O–H groups in total. The van der Waals surface area contributed by atoms with Crippen molar-refractivity contribution in [3.8, 4) is 0 Å². The van der Waals surface area contributed by atoms with Crippen LogP contribution in [0.2, 0.25) is 0 Å². The molecule has 0 aliphatic heterocycles. The summed E-state index contributed by atoms with van der Waals surface area (Å²) in [4.78, 5) is 22.7. The summed E-state index contributed by atoms with van der Waals surface area (Å²) in [5.74, 6) is 0.00132. The third-order valence-corrected chi connectivity index (χ3v) is 2.59. The lowest BCUT2D eigenvalue weighted by molar-refractivity contribution is -0.121. The molecular formula is C13H21N3O3. The Morgan fingerprint density at radius 3 is 2.89 bits per heavy atom. The van der Waals surface area contributed by atoms with Gasteiger partial charge in [-0.1, -0.05) is 6.07 Å². The van der Waals surface area contributed by atoms with Gasteiger partial charge in [0.2, 0.25) is 5.91 Å². The van der Waals surface area contributed by atoms with Crippen LogP contribution in [0.5, 0.6) is 0 Å². The summed E-state index contributed by atoms with van der Waals surface area (Å²) in [6.45, 7) is 2.92. The standard InChI is InChI=1S/C13H21N3O3/c1-19-11-8-15-12(17)5-6-14-7-10-16-9-3-2-4-13(16)18/h2-4,9,14H,5-8,10-11H2,1H3,(H,15,17). The second kappa shape index (κ2) is 9.29. The first kappa shape index (κ1) is 15.4. The molecule has 1 amide bonds. The van der Waals surface area contributed by atoms with E-state index in [4.69, 9.17) is 4.74 Å². The van der Waals surface area contributed by atoms with Crippen LogP contribution in [0.3, 0.4) is 0 Å². The number of methoxy groups -OCH3 is 1. The number of carbonyl (C=O) groups is 1. The minimum absolute atomic E-state index is 0.00132. The number of nitrogens with zero attached hydrogens (tertiary/aromatic N) is 1. The molecule has 0 saturated carbocycles. The predicted molar refractivity (Wildman–Crippen MR) is 73.1 cm³/mol. The van der Waals surface area contributed by atoms with Crippen molar-refractivity contribution in [3.05, 3.63) is 34.7 Å². The summed E-state index contributed by atoms with van der Waals surface area (Å²) >= 11 is 0. The van der Waals surface area contributed by atoms with Crippen molar-refractivity contribution < 1.29 is 9.53 Å². The number of ether oxygens (including phenoxy) is 1. The highest BCUT2D eigenvalue weighted by Crippen LogP contribution is 1.82. The van der Waals surface area contributed by atoms with E-state index in [9.17, 15) is 9.59 Å². The zero-order valence-corrected chi connectivity index (χ0v) is 11.2. The molecule has 6 heteroatoms. The quantitative estimate of drug-likeness (QED) is 0.597. The van der Waals surface area contributed by atoms with Gasteiger partial charge in [0, 0.05) is 52.0 Å². The fourth-order valence-corrected chi connectivity index (χ4v) is 1.55. The Balaban J connectivity index is 2.07. The van der Waals surface area contributed by atoms with Gasteiger partial charge in [0.1, 0.15) is 0 Å². The van der Waals surface area contributed by atoms with Gasteiger partial charge in [-0.3, -0.25) is 9.59 Å². The average Bonchev–Trinajstić information content (AvgIpc) is 2.41. The van der Waals surface area contributed by atoms with Crippen LogP contribution < -0.4 is 16.2 Å². The normalized spacial score (nSPS) is 10.4. The van der Waals surface area contributed by atoms with E-state index in [1.165, 1.54) is 6.07 Å². The molecule has 0 fully saturated rings. The Hall–Kier alpha value is -1.66. The van der Waals surface area contributed by atoms with Gasteiger partial charge in [0.25, 0.3) is 5.56 Å². The molecule has 19 heavy (non-hydrogen) atoms. The van der Waals surface area contributed by atoms with Crippen LogP contribution in [0.25, 0.3) is 0 Å². The van der Waals surface area contributed by atoms with Crippen LogP contribution in [0.1, 0.15) is 6.42 Å². The smallest absolute Gasteiger partial charge is 0.250 e. The summed E-state index contributed by atoms with van der Waals surface area (Å²) in [6.07, 6.45) is 2.18. The van der Waals surface area contributed by atoms with Crippen LogP contribution in [0, 0.1) is 0 Å². The fourth-order valence-electron chi connectivity index (χ4n) is 1.55. The van der Waals surface area contributed by atoms with Gasteiger partial charge in [-0.25, -0.2) is 0 Å². The number of amides is 1. The van der Waals surface area contributed by atoms with E-state index < -0.39 is 0 Å². The number of rotatable bonds is 9. The lowest BCUT2D eigenvalue weighted by Gasteiger charge is -2.07. The van der Waals surface area contributed by atoms with E-state index in [2.05, 4.69) is 10.6 Å². The Labute approximate surface area is 112 Å². The van der Waals surface area contributed by atoms with Crippen molar-refractivity contribution >= 4 is 5.91 Å². The third-order valence-electron chi connectivity index (χ3n) is 2.59. The van der Waals surface area contributed by atoms with Gasteiger partial charge in [-0.2, -0.15) is 0 Å². The van der Waals surface area contributed by atoms with Crippen LogP contribution in [-0.2, 0) is 16.1 Å². The maximum atomic E-state index is 11.4. The SMILES string of the molecule is COCCNC(=O)CCNCCn1ccccc1=O. The first-order chi connectivity index (χ1) is 9.24. The number of pyridine rings is 1. The molecule has 106 valence electrons. The summed E-state index contributed by atoms with van der Waals surface area (Å²) < 4.78 is 6.46. The number of nitrogens with one attached hydrogen (secondary N) is 2. The molecule has 1 heterocycles. The van der Waals surface area contributed by atoms with Crippen molar-refractivity contribution in [1.82, 2.24) is 15.2 Å². The van der Waals surface area contributed by atoms with Crippen molar-refractivity contribution in [3.63, 3.8) is 0 Å². The van der Waals surface area contributed by atoms with Gasteiger partial charge in [-0.05, 0) is 6.07 Å². The average molecular weight is 267 g/mol.